The van der Waals surface area contributed by atoms with Crippen LogP contribution in [0.3, 0.4) is 0 Å². The van der Waals surface area contributed by atoms with Gasteiger partial charge in [0.15, 0.2) is 0 Å². The van der Waals surface area contributed by atoms with E-state index in [-0.39, 0.29) is 17.8 Å². The highest BCUT2D eigenvalue weighted by Gasteiger charge is 2.26. The average Bonchev–Trinajstić information content (AvgIpc) is 3.11. The minimum Gasteiger partial charge on any atom is -0.370 e. The number of anilines is 2. The Morgan fingerprint density at radius 1 is 1.06 bits per heavy atom. The minimum absolute atomic E-state index is 0.0588. The molecule has 4 aromatic rings. The zero-order valence-electron chi connectivity index (χ0n) is 19.5. The van der Waals surface area contributed by atoms with Crippen molar-refractivity contribution in [2.24, 2.45) is 0 Å². The second kappa shape index (κ2) is 9.58. The van der Waals surface area contributed by atoms with E-state index in [0.29, 0.717) is 17.2 Å². The van der Waals surface area contributed by atoms with Gasteiger partial charge in [-0.15, -0.1) is 0 Å². The fourth-order valence-electron chi connectivity index (χ4n) is 5.01. The number of aromatic nitrogens is 2. The maximum Gasteiger partial charge on any atom is 0.221 e. The molecule has 6 nitrogen and oxygen atoms in total. The number of carbonyl (C=O) groups is 1. The van der Waals surface area contributed by atoms with Crippen LogP contribution in [-0.4, -0.2) is 28.1 Å². The number of halogens is 2. The van der Waals surface area contributed by atoms with Crippen LogP contribution in [0.1, 0.15) is 31.4 Å². The predicted octanol–water partition coefficient (Wildman–Crippen LogP) is 5.56. The Bertz CT molecular complexity index is 1450. The molecule has 0 bridgehead atoms. The Labute approximate surface area is 208 Å². The third kappa shape index (κ3) is 4.56. The number of nitrogens with zero attached hydrogens (tertiary/aromatic N) is 3. The standard InChI is InChI=1S/C27H27ClFN5O/c1-18(35)31-23-8-4-5-9-24(23)32-14-12-21(13-15-32)34-26-16-20(29)10-11-25(26)33(27(34)30)17-19-6-2-3-7-22(19)28/h2-11,16,21,30H,12-15,17H2,1H3,(H,31,35). The van der Waals surface area contributed by atoms with E-state index >= 15 is 0 Å². The number of amides is 1. The first-order valence-corrected chi connectivity index (χ1v) is 12.1. The second-order valence-electron chi connectivity index (χ2n) is 8.92. The topological polar surface area (TPSA) is 66.1 Å². The molecule has 0 saturated carbocycles. The van der Waals surface area contributed by atoms with Crippen molar-refractivity contribution in [3.8, 4) is 0 Å². The van der Waals surface area contributed by atoms with Crippen molar-refractivity contribution < 1.29 is 9.18 Å². The number of hydrogen-bond acceptors (Lipinski definition) is 3. The third-order valence-corrected chi connectivity index (χ3v) is 7.01. The van der Waals surface area contributed by atoms with Crippen LogP contribution in [0.25, 0.3) is 11.0 Å². The molecule has 1 saturated heterocycles. The molecular formula is C27H27ClFN5O. The summed E-state index contributed by atoms with van der Waals surface area (Å²) in [6.45, 7) is 3.48. The van der Waals surface area contributed by atoms with Crippen LogP contribution in [0.2, 0.25) is 5.02 Å². The van der Waals surface area contributed by atoms with E-state index in [1.54, 1.807) is 6.07 Å². The molecule has 8 heteroatoms. The van der Waals surface area contributed by atoms with Gasteiger partial charge in [0.1, 0.15) is 5.82 Å². The summed E-state index contributed by atoms with van der Waals surface area (Å²) in [6.07, 6.45) is 1.60. The highest BCUT2D eigenvalue weighted by Crippen LogP contribution is 2.32. The van der Waals surface area contributed by atoms with Crippen LogP contribution in [0.4, 0.5) is 15.8 Å². The fourth-order valence-corrected chi connectivity index (χ4v) is 5.21. The molecule has 0 aliphatic carbocycles. The fraction of sp³-hybridized carbons (Fsp3) is 0.259. The summed E-state index contributed by atoms with van der Waals surface area (Å²) in [7, 11) is 0. The molecule has 35 heavy (non-hydrogen) atoms. The van der Waals surface area contributed by atoms with Gasteiger partial charge in [-0.1, -0.05) is 41.9 Å². The highest BCUT2D eigenvalue weighted by molar-refractivity contribution is 6.31. The number of benzene rings is 3. The van der Waals surface area contributed by atoms with Crippen molar-refractivity contribution in [1.82, 2.24) is 9.13 Å². The number of nitrogens with one attached hydrogen (secondary N) is 2. The summed E-state index contributed by atoms with van der Waals surface area (Å²) in [4.78, 5) is 13.9. The second-order valence-corrected chi connectivity index (χ2v) is 9.33. The lowest BCUT2D eigenvalue weighted by molar-refractivity contribution is -0.114. The smallest absolute Gasteiger partial charge is 0.221 e. The molecule has 2 heterocycles. The summed E-state index contributed by atoms with van der Waals surface area (Å²) < 4.78 is 18.2. The first-order valence-electron chi connectivity index (χ1n) is 11.7. The van der Waals surface area contributed by atoms with E-state index < -0.39 is 0 Å². The molecule has 0 unspecified atom stereocenters. The molecule has 1 aromatic heterocycles. The molecule has 5 rings (SSSR count). The van der Waals surface area contributed by atoms with Crippen molar-refractivity contribution in [2.45, 2.75) is 32.4 Å². The van der Waals surface area contributed by atoms with E-state index in [1.807, 2.05) is 57.7 Å². The zero-order valence-corrected chi connectivity index (χ0v) is 20.2. The maximum atomic E-state index is 14.3. The van der Waals surface area contributed by atoms with Gasteiger partial charge in [0, 0.05) is 31.1 Å². The lowest BCUT2D eigenvalue weighted by Crippen LogP contribution is -2.38. The third-order valence-electron chi connectivity index (χ3n) is 6.64. The molecule has 1 aliphatic heterocycles. The van der Waals surface area contributed by atoms with Gasteiger partial charge < -0.3 is 19.4 Å². The zero-order chi connectivity index (χ0) is 24.5. The van der Waals surface area contributed by atoms with E-state index in [0.717, 1.165) is 53.9 Å². The largest absolute Gasteiger partial charge is 0.370 e. The average molecular weight is 492 g/mol. The first kappa shape index (κ1) is 23.2. The van der Waals surface area contributed by atoms with E-state index in [4.69, 9.17) is 17.0 Å². The number of imidazole rings is 1. The van der Waals surface area contributed by atoms with Gasteiger partial charge in [-0.25, -0.2) is 4.39 Å². The van der Waals surface area contributed by atoms with Crippen molar-refractivity contribution in [3.05, 3.63) is 88.8 Å². The van der Waals surface area contributed by atoms with E-state index in [9.17, 15) is 9.18 Å². The van der Waals surface area contributed by atoms with Crippen LogP contribution < -0.4 is 15.8 Å². The molecule has 2 N–H and O–H groups in total. The maximum absolute atomic E-state index is 14.3. The Hall–Kier alpha value is -3.58. The Morgan fingerprint density at radius 3 is 2.51 bits per heavy atom. The van der Waals surface area contributed by atoms with Crippen LogP contribution in [0, 0.1) is 11.2 Å². The molecule has 1 aliphatic rings. The summed E-state index contributed by atoms with van der Waals surface area (Å²) in [5, 5.41) is 12.6. The van der Waals surface area contributed by atoms with E-state index in [1.165, 1.54) is 19.1 Å². The first-order chi connectivity index (χ1) is 16.9. The quantitative estimate of drug-likeness (QED) is 0.383. The minimum atomic E-state index is -0.317. The number of para-hydroxylation sites is 2. The van der Waals surface area contributed by atoms with Crippen LogP contribution >= 0.6 is 11.6 Å². The van der Waals surface area contributed by atoms with Gasteiger partial charge in [-0.05, 0) is 54.8 Å². The van der Waals surface area contributed by atoms with Gasteiger partial charge in [-0.2, -0.15) is 0 Å². The van der Waals surface area contributed by atoms with Gasteiger partial charge in [0.05, 0.1) is 29.0 Å². The molecule has 1 fully saturated rings. The molecule has 0 radical (unpaired) electrons. The Kier molecular flexibility index (Phi) is 6.34. The molecular weight excluding hydrogens is 465 g/mol. The van der Waals surface area contributed by atoms with Crippen LogP contribution in [0.5, 0.6) is 0 Å². The SMILES string of the molecule is CC(=O)Nc1ccccc1N1CCC(n2c(=N)n(Cc3ccccc3Cl)c3ccc(F)cc32)CC1. The summed E-state index contributed by atoms with van der Waals surface area (Å²) in [5.41, 5.74) is 4.58. The molecule has 3 aromatic carbocycles. The number of fused-ring (bicyclic) bond motifs is 1. The van der Waals surface area contributed by atoms with E-state index in [2.05, 4.69) is 10.2 Å². The predicted molar refractivity (Wildman–Crippen MR) is 138 cm³/mol. The molecule has 1 amide bonds. The highest BCUT2D eigenvalue weighted by atomic mass is 35.5. The molecule has 180 valence electrons. The van der Waals surface area contributed by atoms with Crippen LogP contribution in [-0.2, 0) is 11.3 Å². The lowest BCUT2D eigenvalue weighted by Gasteiger charge is -2.35. The summed E-state index contributed by atoms with van der Waals surface area (Å²) in [6, 6.07) is 20.2. The van der Waals surface area contributed by atoms with Crippen LogP contribution in [0.15, 0.2) is 66.7 Å². The van der Waals surface area contributed by atoms with Gasteiger partial charge >= 0.3 is 0 Å². The number of rotatable bonds is 5. The lowest BCUT2D eigenvalue weighted by atomic mass is 10.0. The number of carbonyl (C=O) groups excluding carboxylic acids is 1. The monoisotopic (exact) mass is 491 g/mol. The van der Waals surface area contributed by atoms with Gasteiger partial charge in [0.2, 0.25) is 11.5 Å². The van der Waals surface area contributed by atoms with Crippen molar-refractivity contribution in [3.63, 3.8) is 0 Å². The number of piperidine rings is 1. The Balaban J connectivity index is 1.46. The van der Waals surface area contributed by atoms with Crippen molar-refractivity contribution in [1.29, 1.82) is 5.41 Å². The van der Waals surface area contributed by atoms with Gasteiger partial charge in [-0.3, -0.25) is 10.2 Å². The van der Waals surface area contributed by atoms with Gasteiger partial charge in [0.25, 0.3) is 0 Å². The normalized spacial score (nSPS) is 14.4. The summed E-state index contributed by atoms with van der Waals surface area (Å²) in [5.74, 6) is -0.419. The summed E-state index contributed by atoms with van der Waals surface area (Å²) >= 11 is 6.40. The Morgan fingerprint density at radius 2 is 1.77 bits per heavy atom. The van der Waals surface area contributed by atoms with Crippen molar-refractivity contribution >= 4 is 39.9 Å². The molecule has 0 spiro atoms. The molecule has 0 atom stereocenters. The van der Waals surface area contributed by atoms with Crippen molar-refractivity contribution in [2.75, 3.05) is 23.3 Å². The number of hydrogen-bond donors (Lipinski definition) is 2.